The predicted molar refractivity (Wildman–Crippen MR) is 114 cm³/mol. The van der Waals surface area contributed by atoms with Crippen LogP contribution in [0.5, 0.6) is 0 Å². The molecule has 2 rings (SSSR count). The van der Waals surface area contributed by atoms with Crippen molar-refractivity contribution in [3.63, 3.8) is 0 Å². The molecule has 1 aromatic rings. The standard InChI is InChI=1S/C17H28N2S.C4H4O4/c1-14(2)12-19(16-8-10-18-11-9-16)13-15-6-4-5-7-17(15)20-3;5-3(6)1-2-4(7)8/h4-7,14,16,18H,8-13H2,1-3H3;1-2H,(H,5,6)(H,7,8)/b;2-1+. The molecule has 1 fully saturated rings. The lowest BCUT2D eigenvalue weighted by atomic mass is 10.0. The summed E-state index contributed by atoms with van der Waals surface area (Å²) in [6, 6.07) is 9.60. The second-order valence-electron chi connectivity index (χ2n) is 7.13. The number of piperidine rings is 1. The van der Waals surface area contributed by atoms with Gasteiger partial charge in [0.2, 0.25) is 0 Å². The summed E-state index contributed by atoms with van der Waals surface area (Å²) in [5, 5.41) is 19.1. The summed E-state index contributed by atoms with van der Waals surface area (Å²) >= 11 is 1.86. The Kier molecular flexibility index (Phi) is 11.6. The molecule has 1 aliphatic rings. The van der Waals surface area contributed by atoms with Crippen molar-refractivity contribution in [2.45, 2.75) is 44.2 Å². The summed E-state index contributed by atoms with van der Waals surface area (Å²) in [5.74, 6) is -1.79. The van der Waals surface area contributed by atoms with Crippen molar-refractivity contribution in [2.75, 3.05) is 25.9 Å². The number of carboxylic acid groups (broad SMARTS) is 2. The van der Waals surface area contributed by atoms with Crippen LogP contribution in [0, 0.1) is 5.92 Å². The Hall–Kier alpha value is -1.83. The highest BCUT2D eigenvalue weighted by atomic mass is 32.2. The number of rotatable bonds is 8. The molecule has 156 valence electrons. The van der Waals surface area contributed by atoms with Gasteiger partial charge in [0.25, 0.3) is 0 Å². The fraction of sp³-hybridized carbons (Fsp3) is 0.524. The zero-order valence-electron chi connectivity index (χ0n) is 16.9. The van der Waals surface area contributed by atoms with Gasteiger partial charge in [0, 0.05) is 36.2 Å². The van der Waals surface area contributed by atoms with E-state index in [1.807, 2.05) is 11.8 Å². The third kappa shape index (κ3) is 9.92. The summed E-state index contributed by atoms with van der Waals surface area (Å²) in [4.78, 5) is 23.2. The molecule has 1 aliphatic heterocycles. The van der Waals surface area contributed by atoms with E-state index in [0.29, 0.717) is 12.2 Å². The molecule has 0 atom stereocenters. The van der Waals surface area contributed by atoms with E-state index in [2.05, 4.69) is 54.6 Å². The van der Waals surface area contributed by atoms with Crippen molar-refractivity contribution in [3.8, 4) is 0 Å². The van der Waals surface area contributed by atoms with Crippen LogP contribution < -0.4 is 5.32 Å². The monoisotopic (exact) mass is 408 g/mol. The molecule has 28 heavy (non-hydrogen) atoms. The van der Waals surface area contributed by atoms with Crippen molar-refractivity contribution in [3.05, 3.63) is 42.0 Å². The molecule has 1 saturated heterocycles. The molecule has 3 N–H and O–H groups in total. The highest BCUT2D eigenvalue weighted by Crippen LogP contribution is 2.24. The third-order valence-electron chi connectivity index (χ3n) is 4.36. The molecule has 0 bridgehead atoms. The predicted octanol–water partition coefficient (Wildman–Crippen LogP) is 3.33. The van der Waals surface area contributed by atoms with Gasteiger partial charge in [-0.15, -0.1) is 11.8 Å². The molecule has 0 unspecified atom stereocenters. The first-order valence-electron chi connectivity index (χ1n) is 9.54. The van der Waals surface area contributed by atoms with E-state index in [1.165, 1.54) is 42.9 Å². The minimum atomic E-state index is -1.26. The smallest absolute Gasteiger partial charge is 0.328 e. The number of carbonyl (C=O) groups is 2. The Bertz CT molecular complexity index is 627. The van der Waals surface area contributed by atoms with Crippen LogP contribution in [0.15, 0.2) is 41.3 Å². The van der Waals surface area contributed by atoms with E-state index in [9.17, 15) is 9.59 Å². The molecule has 0 saturated carbocycles. The number of hydrogen-bond acceptors (Lipinski definition) is 5. The summed E-state index contributed by atoms with van der Waals surface area (Å²) in [6.45, 7) is 9.29. The normalized spacial score (nSPS) is 14.9. The Morgan fingerprint density at radius 2 is 1.75 bits per heavy atom. The second kappa shape index (κ2) is 13.4. The van der Waals surface area contributed by atoms with Gasteiger partial charge in [0.1, 0.15) is 0 Å². The third-order valence-corrected chi connectivity index (χ3v) is 5.20. The molecular weight excluding hydrogens is 376 g/mol. The summed E-state index contributed by atoms with van der Waals surface area (Å²) in [7, 11) is 0. The van der Waals surface area contributed by atoms with Crippen molar-refractivity contribution in [1.29, 1.82) is 0 Å². The van der Waals surface area contributed by atoms with Crippen LogP contribution >= 0.6 is 11.8 Å². The van der Waals surface area contributed by atoms with Crippen LogP contribution in [0.1, 0.15) is 32.3 Å². The topological polar surface area (TPSA) is 89.9 Å². The molecule has 7 heteroatoms. The Morgan fingerprint density at radius 3 is 2.25 bits per heavy atom. The molecule has 0 aliphatic carbocycles. The van der Waals surface area contributed by atoms with Gasteiger partial charge in [0.05, 0.1) is 0 Å². The van der Waals surface area contributed by atoms with Crippen LogP contribution in [0.4, 0.5) is 0 Å². The molecule has 0 spiro atoms. The Morgan fingerprint density at radius 1 is 1.18 bits per heavy atom. The molecular formula is C21H32N2O4S. The van der Waals surface area contributed by atoms with E-state index in [-0.39, 0.29) is 0 Å². The van der Waals surface area contributed by atoms with Gasteiger partial charge in [-0.3, -0.25) is 4.90 Å². The molecule has 6 nitrogen and oxygen atoms in total. The lowest BCUT2D eigenvalue weighted by molar-refractivity contribution is -0.134. The zero-order valence-corrected chi connectivity index (χ0v) is 17.7. The number of aliphatic carboxylic acids is 2. The summed E-state index contributed by atoms with van der Waals surface area (Å²) < 4.78 is 0. The molecule has 1 aromatic carbocycles. The van der Waals surface area contributed by atoms with E-state index in [0.717, 1.165) is 18.5 Å². The van der Waals surface area contributed by atoms with Crippen molar-refractivity contribution >= 4 is 23.7 Å². The lowest BCUT2D eigenvalue weighted by Crippen LogP contribution is -2.44. The fourth-order valence-electron chi connectivity index (χ4n) is 3.18. The lowest BCUT2D eigenvalue weighted by Gasteiger charge is -2.36. The number of thioether (sulfide) groups is 1. The van der Waals surface area contributed by atoms with Crippen LogP contribution in [0.25, 0.3) is 0 Å². The van der Waals surface area contributed by atoms with Crippen LogP contribution in [-0.4, -0.2) is 59.0 Å². The SMILES string of the molecule is CSc1ccccc1CN(CC(C)C)C1CCNCC1.O=C(O)/C=C/C(=O)O. The highest BCUT2D eigenvalue weighted by molar-refractivity contribution is 7.98. The molecule has 0 aromatic heterocycles. The van der Waals surface area contributed by atoms with Gasteiger partial charge >= 0.3 is 11.9 Å². The largest absolute Gasteiger partial charge is 0.478 e. The molecule has 0 amide bonds. The van der Waals surface area contributed by atoms with Gasteiger partial charge in [-0.05, 0) is 49.7 Å². The average molecular weight is 409 g/mol. The van der Waals surface area contributed by atoms with E-state index >= 15 is 0 Å². The van der Waals surface area contributed by atoms with Gasteiger partial charge in [-0.25, -0.2) is 9.59 Å². The number of carboxylic acids is 2. The van der Waals surface area contributed by atoms with E-state index in [4.69, 9.17) is 10.2 Å². The first-order chi connectivity index (χ1) is 13.3. The van der Waals surface area contributed by atoms with Crippen LogP contribution in [0.3, 0.4) is 0 Å². The number of hydrogen-bond donors (Lipinski definition) is 3. The average Bonchev–Trinajstić information content (AvgIpc) is 2.67. The second-order valence-corrected chi connectivity index (χ2v) is 7.97. The van der Waals surface area contributed by atoms with Crippen LogP contribution in [-0.2, 0) is 16.1 Å². The van der Waals surface area contributed by atoms with Gasteiger partial charge in [-0.2, -0.15) is 0 Å². The Labute approximate surface area is 172 Å². The molecule has 1 heterocycles. The minimum Gasteiger partial charge on any atom is -0.478 e. The quantitative estimate of drug-likeness (QED) is 0.449. The minimum absolute atomic E-state index is 0.558. The van der Waals surface area contributed by atoms with Crippen molar-refractivity contribution in [1.82, 2.24) is 10.2 Å². The van der Waals surface area contributed by atoms with Crippen molar-refractivity contribution in [2.24, 2.45) is 5.92 Å². The van der Waals surface area contributed by atoms with Gasteiger partial charge in [-0.1, -0.05) is 32.0 Å². The maximum atomic E-state index is 9.55. The fourth-order valence-corrected chi connectivity index (χ4v) is 3.79. The first kappa shape index (κ1) is 24.2. The molecule has 0 radical (unpaired) electrons. The first-order valence-corrected chi connectivity index (χ1v) is 10.8. The number of nitrogens with one attached hydrogen (secondary N) is 1. The number of nitrogens with zero attached hydrogens (tertiary/aromatic N) is 1. The summed E-state index contributed by atoms with van der Waals surface area (Å²) in [6.07, 6.45) is 5.86. The van der Waals surface area contributed by atoms with E-state index in [1.54, 1.807) is 0 Å². The maximum Gasteiger partial charge on any atom is 0.328 e. The van der Waals surface area contributed by atoms with Crippen LogP contribution in [0.2, 0.25) is 0 Å². The van der Waals surface area contributed by atoms with Gasteiger partial charge < -0.3 is 15.5 Å². The number of benzene rings is 1. The Balaban J connectivity index is 0.000000416. The summed E-state index contributed by atoms with van der Waals surface area (Å²) in [5.41, 5.74) is 1.49. The van der Waals surface area contributed by atoms with Crippen molar-refractivity contribution < 1.29 is 19.8 Å². The zero-order chi connectivity index (χ0) is 20.9. The maximum absolute atomic E-state index is 9.55. The highest BCUT2D eigenvalue weighted by Gasteiger charge is 2.22. The van der Waals surface area contributed by atoms with Gasteiger partial charge in [0.15, 0.2) is 0 Å². The van der Waals surface area contributed by atoms with E-state index < -0.39 is 11.9 Å².